The number of carbonyl (C=O) groups excluding carboxylic acids is 1. The normalized spacial score (nSPS) is 16.2. The summed E-state index contributed by atoms with van der Waals surface area (Å²) < 4.78 is 7.54. The van der Waals surface area contributed by atoms with E-state index in [0.29, 0.717) is 13.2 Å². The van der Waals surface area contributed by atoms with Crippen molar-refractivity contribution in [2.24, 2.45) is 12.0 Å². The topological polar surface area (TPSA) is 70.9 Å². The Morgan fingerprint density at radius 2 is 2.17 bits per heavy atom. The molecule has 2 aromatic rings. The van der Waals surface area contributed by atoms with E-state index in [1.165, 1.54) is 5.69 Å². The average molecular weight is 511 g/mol. The maximum Gasteiger partial charge on any atom is 0.253 e. The molecule has 0 spiro atoms. The van der Waals surface area contributed by atoms with Gasteiger partial charge < -0.3 is 24.8 Å². The molecule has 2 heterocycles. The first-order valence-corrected chi connectivity index (χ1v) is 9.60. The Morgan fingerprint density at radius 1 is 1.34 bits per heavy atom. The summed E-state index contributed by atoms with van der Waals surface area (Å²) in [5, 5.41) is 6.33. The van der Waals surface area contributed by atoms with Crippen molar-refractivity contribution >= 4 is 41.5 Å². The van der Waals surface area contributed by atoms with Gasteiger partial charge in [0.05, 0.1) is 6.54 Å². The molecule has 29 heavy (non-hydrogen) atoms. The lowest BCUT2D eigenvalue weighted by Gasteiger charge is -2.22. The number of guanidine groups is 1. The zero-order chi connectivity index (χ0) is 19.9. The zero-order valence-corrected chi connectivity index (χ0v) is 19.6. The van der Waals surface area contributed by atoms with Crippen LogP contribution in [-0.2, 0) is 29.7 Å². The molecule has 1 aromatic heterocycles. The Balaban J connectivity index is 0.00000300. The standard InChI is InChI=1S/C21H29N5O2.HI/c1-22-21(26(3)15-18-9-5-11-25(18)2)23-14-16-7-4-8-17(13-16)24-20(27)19-10-6-12-28-19;/h4-5,7-9,11,13,19H,6,10,12,14-15H2,1-3H3,(H,22,23)(H,24,27);1H. The highest BCUT2D eigenvalue weighted by Crippen LogP contribution is 2.16. The maximum absolute atomic E-state index is 12.2. The number of anilines is 1. The quantitative estimate of drug-likeness (QED) is 0.356. The number of hydrogen-bond acceptors (Lipinski definition) is 3. The lowest BCUT2D eigenvalue weighted by atomic mass is 10.2. The smallest absolute Gasteiger partial charge is 0.253 e. The first-order valence-electron chi connectivity index (χ1n) is 9.60. The van der Waals surface area contributed by atoms with Gasteiger partial charge in [0.2, 0.25) is 0 Å². The molecule has 158 valence electrons. The molecule has 0 saturated carbocycles. The maximum atomic E-state index is 12.2. The van der Waals surface area contributed by atoms with E-state index in [-0.39, 0.29) is 36.0 Å². The highest BCUT2D eigenvalue weighted by atomic mass is 127. The van der Waals surface area contributed by atoms with Gasteiger partial charge in [-0.1, -0.05) is 12.1 Å². The van der Waals surface area contributed by atoms with Crippen molar-refractivity contribution in [1.29, 1.82) is 0 Å². The number of nitrogens with zero attached hydrogens (tertiary/aromatic N) is 3. The number of hydrogen-bond donors (Lipinski definition) is 2. The third-order valence-electron chi connectivity index (χ3n) is 4.89. The predicted molar refractivity (Wildman–Crippen MR) is 127 cm³/mol. The van der Waals surface area contributed by atoms with Gasteiger partial charge in [-0.25, -0.2) is 0 Å². The number of aryl methyl sites for hydroxylation is 1. The minimum absolute atomic E-state index is 0. The molecule has 1 amide bonds. The van der Waals surface area contributed by atoms with Gasteiger partial charge in [0.15, 0.2) is 5.96 Å². The molecule has 0 aliphatic carbocycles. The number of benzene rings is 1. The van der Waals surface area contributed by atoms with Crippen molar-refractivity contribution in [2.75, 3.05) is 26.0 Å². The molecule has 7 nitrogen and oxygen atoms in total. The summed E-state index contributed by atoms with van der Waals surface area (Å²) in [6.45, 7) is 2.05. The Bertz CT molecular complexity index is 830. The van der Waals surface area contributed by atoms with Crippen molar-refractivity contribution in [2.45, 2.75) is 32.0 Å². The van der Waals surface area contributed by atoms with Crippen LogP contribution in [0.3, 0.4) is 0 Å². The summed E-state index contributed by atoms with van der Waals surface area (Å²) >= 11 is 0. The van der Waals surface area contributed by atoms with Gasteiger partial charge in [-0.2, -0.15) is 0 Å². The van der Waals surface area contributed by atoms with E-state index in [0.717, 1.165) is 36.6 Å². The van der Waals surface area contributed by atoms with Crippen LogP contribution in [0, 0.1) is 0 Å². The second-order valence-corrected chi connectivity index (χ2v) is 7.06. The number of amides is 1. The number of aliphatic imine (C=N–C) groups is 1. The molecule has 2 N–H and O–H groups in total. The molecule has 1 aliphatic heterocycles. The minimum atomic E-state index is -0.327. The lowest BCUT2D eigenvalue weighted by Crippen LogP contribution is -2.38. The first-order chi connectivity index (χ1) is 13.6. The Morgan fingerprint density at radius 3 is 2.83 bits per heavy atom. The minimum Gasteiger partial charge on any atom is -0.368 e. The van der Waals surface area contributed by atoms with Gasteiger partial charge in [-0.3, -0.25) is 9.79 Å². The molecule has 1 aliphatic rings. The number of aromatic nitrogens is 1. The van der Waals surface area contributed by atoms with Crippen LogP contribution >= 0.6 is 24.0 Å². The van der Waals surface area contributed by atoms with Crippen molar-refractivity contribution in [3.63, 3.8) is 0 Å². The second kappa shape index (κ2) is 11.2. The highest BCUT2D eigenvalue weighted by Gasteiger charge is 2.23. The summed E-state index contributed by atoms with van der Waals surface area (Å²) in [7, 11) is 5.83. The van der Waals surface area contributed by atoms with Crippen LogP contribution in [0.2, 0.25) is 0 Å². The monoisotopic (exact) mass is 511 g/mol. The van der Waals surface area contributed by atoms with E-state index < -0.39 is 0 Å². The van der Waals surface area contributed by atoms with E-state index in [2.05, 4.69) is 31.2 Å². The fraction of sp³-hybridized carbons (Fsp3) is 0.429. The lowest BCUT2D eigenvalue weighted by molar-refractivity contribution is -0.124. The molecule has 0 bridgehead atoms. The summed E-state index contributed by atoms with van der Waals surface area (Å²) in [5.41, 5.74) is 3.06. The molecular formula is C21H30IN5O2. The molecule has 1 unspecified atom stereocenters. The van der Waals surface area contributed by atoms with Gasteiger partial charge in [0.1, 0.15) is 6.10 Å². The summed E-state index contributed by atoms with van der Waals surface area (Å²) in [6, 6.07) is 12.0. The largest absolute Gasteiger partial charge is 0.368 e. The van der Waals surface area contributed by atoms with Crippen LogP contribution in [0.5, 0.6) is 0 Å². The number of ether oxygens (including phenoxy) is 1. The van der Waals surface area contributed by atoms with Crippen molar-refractivity contribution in [3.8, 4) is 0 Å². The Labute approximate surface area is 189 Å². The van der Waals surface area contributed by atoms with Crippen LogP contribution in [0.15, 0.2) is 47.6 Å². The van der Waals surface area contributed by atoms with Crippen LogP contribution in [0.25, 0.3) is 0 Å². The van der Waals surface area contributed by atoms with Crippen LogP contribution in [-0.4, -0.2) is 48.1 Å². The fourth-order valence-corrected chi connectivity index (χ4v) is 3.31. The molecule has 1 atom stereocenters. The van der Waals surface area contributed by atoms with Gasteiger partial charge >= 0.3 is 0 Å². The van der Waals surface area contributed by atoms with Gasteiger partial charge in [-0.05, 0) is 42.7 Å². The number of carbonyl (C=O) groups is 1. The summed E-state index contributed by atoms with van der Waals surface area (Å²) in [6.07, 6.45) is 3.44. The van der Waals surface area contributed by atoms with Gasteiger partial charge in [-0.15, -0.1) is 24.0 Å². The number of rotatable bonds is 6. The van der Waals surface area contributed by atoms with Crippen LogP contribution in [0.4, 0.5) is 5.69 Å². The van der Waals surface area contributed by atoms with Crippen LogP contribution in [0.1, 0.15) is 24.1 Å². The number of halogens is 1. The molecule has 1 aromatic carbocycles. The van der Waals surface area contributed by atoms with E-state index in [4.69, 9.17) is 4.74 Å². The molecule has 0 radical (unpaired) electrons. The third-order valence-corrected chi connectivity index (χ3v) is 4.89. The van der Waals surface area contributed by atoms with Crippen molar-refractivity contribution in [1.82, 2.24) is 14.8 Å². The predicted octanol–water partition coefficient (Wildman–Crippen LogP) is 2.97. The first kappa shape index (κ1) is 23.2. The zero-order valence-electron chi connectivity index (χ0n) is 17.2. The van der Waals surface area contributed by atoms with Crippen molar-refractivity contribution < 1.29 is 9.53 Å². The van der Waals surface area contributed by atoms with Gasteiger partial charge in [0, 0.05) is 51.9 Å². The number of nitrogens with one attached hydrogen (secondary N) is 2. The third kappa shape index (κ3) is 6.46. The fourth-order valence-electron chi connectivity index (χ4n) is 3.31. The molecule has 1 fully saturated rings. The van der Waals surface area contributed by atoms with Gasteiger partial charge in [0.25, 0.3) is 5.91 Å². The summed E-state index contributed by atoms with van der Waals surface area (Å²) in [5.74, 6) is 0.746. The Hall–Kier alpha value is -2.07. The van der Waals surface area contributed by atoms with E-state index in [1.54, 1.807) is 7.05 Å². The average Bonchev–Trinajstić information content (AvgIpc) is 3.35. The highest BCUT2D eigenvalue weighted by molar-refractivity contribution is 14.0. The SMILES string of the molecule is CN=C(NCc1cccc(NC(=O)C2CCCO2)c1)N(C)Cc1cccn1C.I. The van der Waals surface area contributed by atoms with E-state index in [1.807, 2.05) is 50.6 Å². The van der Waals surface area contributed by atoms with E-state index in [9.17, 15) is 4.79 Å². The molecular weight excluding hydrogens is 481 g/mol. The van der Waals surface area contributed by atoms with E-state index >= 15 is 0 Å². The Kier molecular flexibility index (Phi) is 8.97. The van der Waals surface area contributed by atoms with Crippen LogP contribution < -0.4 is 10.6 Å². The summed E-state index contributed by atoms with van der Waals surface area (Å²) in [4.78, 5) is 18.7. The molecule has 3 rings (SSSR count). The van der Waals surface area contributed by atoms with Crippen molar-refractivity contribution in [3.05, 3.63) is 53.9 Å². The molecule has 1 saturated heterocycles. The molecule has 8 heteroatoms. The second-order valence-electron chi connectivity index (χ2n) is 7.06.